The molecule has 0 aliphatic heterocycles. The van der Waals surface area contributed by atoms with Crippen molar-refractivity contribution in [2.24, 2.45) is 0 Å². The van der Waals surface area contributed by atoms with Crippen LogP contribution in [-0.2, 0) is 19.3 Å². The van der Waals surface area contributed by atoms with Crippen molar-refractivity contribution >= 4 is 11.1 Å². The molecule has 4 rings (SSSR count). The third-order valence-corrected chi connectivity index (χ3v) is 6.31. The molecule has 0 N–H and O–H groups in total. The van der Waals surface area contributed by atoms with E-state index in [-0.39, 0.29) is 5.82 Å². The van der Waals surface area contributed by atoms with Gasteiger partial charge in [0, 0.05) is 17.5 Å². The van der Waals surface area contributed by atoms with Crippen molar-refractivity contribution in [3.8, 4) is 11.3 Å². The Balaban J connectivity index is 2.02. The summed E-state index contributed by atoms with van der Waals surface area (Å²) in [5, 5.41) is 0. The molecule has 0 amide bonds. The number of fused-ring (bicyclic) bond motifs is 3. The third-order valence-electron chi connectivity index (χ3n) is 6.31. The van der Waals surface area contributed by atoms with Gasteiger partial charge in [-0.15, -0.1) is 0 Å². The van der Waals surface area contributed by atoms with Crippen molar-refractivity contribution < 1.29 is 4.39 Å². The van der Waals surface area contributed by atoms with Gasteiger partial charge >= 0.3 is 0 Å². The highest BCUT2D eigenvalue weighted by Gasteiger charge is 2.26. The smallest absolute Gasteiger partial charge is 0.133 e. The fourth-order valence-electron chi connectivity index (χ4n) is 4.87. The van der Waals surface area contributed by atoms with Gasteiger partial charge in [0.1, 0.15) is 5.82 Å². The largest absolute Gasteiger partial charge is 0.251 e. The van der Waals surface area contributed by atoms with Crippen LogP contribution in [0, 0.1) is 5.82 Å². The summed E-state index contributed by atoms with van der Waals surface area (Å²) in [7, 11) is 0. The lowest BCUT2D eigenvalue weighted by Gasteiger charge is -2.22. The van der Waals surface area contributed by atoms with Crippen LogP contribution < -0.4 is 0 Å². The van der Waals surface area contributed by atoms with Crippen LogP contribution in [0.25, 0.3) is 22.4 Å². The van der Waals surface area contributed by atoms with Crippen molar-refractivity contribution in [1.82, 2.24) is 4.98 Å². The molecular weight excluding hydrogens is 369 g/mol. The van der Waals surface area contributed by atoms with E-state index in [1.54, 1.807) is 6.07 Å². The molecular formula is C28H30FN. The Labute approximate surface area is 179 Å². The summed E-state index contributed by atoms with van der Waals surface area (Å²) >= 11 is 0. The SMILES string of the molecule is C=C(C)C1=C(C)C=CCc2nc(-c3ccc(C(=C)C)cc3F)c3c(c21)CCCCC3. The lowest BCUT2D eigenvalue weighted by molar-refractivity contribution is 0.629. The van der Waals surface area contributed by atoms with E-state index in [1.807, 2.05) is 19.1 Å². The summed E-state index contributed by atoms with van der Waals surface area (Å²) < 4.78 is 15.2. The molecule has 1 nitrogen and oxygen atoms in total. The van der Waals surface area contributed by atoms with Crippen LogP contribution >= 0.6 is 0 Å². The summed E-state index contributed by atoms with van der Waals surface area (Å²) in [6, 6.07) is 5.43. The van der Waals surface area contributed by atoms with Gasteiger partial charge in [0.2, 0.25) is 0 Å². The van der Waals surface area contributed by atoms with Crippen LogP contribution in [0.5, 0.6) is 0 Å². The fourth-order valence-corrected chi connectivity index (χ4v) is 4.87. The number of hydrogen-bond donors (Lipinski definition) is 0. The molecule has 2 heteroatoms. The second-order valence-electron chi connectivity index (χ2n) is 8.72. The van der Waals surface area contributed by atoms with Crippen molar-refractivity contribution in [1.29, 1.82) is 0 Å². The number of rotatable bonds is 3. The van der Waals surface area contributed by atoms with Gasteiger partial charge in [0.15, 0.2) is 0 Å². The Morgan fingerprint density at radius 3 is 2.40 bits per heavy atom. The minimum absolute atomic E-state index is 0.217. The second kappa shape index (κ2) is 8.18. The Morgan fingerprint density at radius 2 is 1.73 bits per heavy atom. The highest BCUT2D eigenvalue weighted by molar-refractivity contribution is 5.87. The van der Waals surface area contributed by atoms with E-state index in [9.17, 15) is 0 Å². The van der Waals surface area contributed by atoms with E-state index in [0.29, 0.717) is 5.56 Å². The number of hydrogen-bond acceptors (Lipinski definition) is 1. The first-order chi connectivity index (χ1) is 14.4. The maximum atomic E-state index is 15.2. The summed E-state index contributed by atoms with van der Waals surface area (Å²) in [5.74, 6) is -0.217. The van der Waals surface area contributed by atoms with Gasteiger partial charge in [-0.2, -0.15) is 0 Å². The van der Waals surface area contributed by atoms with Gasteiger partial charge in [-0.1, -0.05) is 48.9 Å². The first kappa shape index (κ1) is 20.5. The monoisotopic (exact) mass is 399 g/mol. The number of pyridine rings is 1. The molecule has 0 saturated carbocycles. The zero-order valence-corrected chi connectivity index (χ0v) is 18.4. The molecule has 1 aromatic carbocycles. The molecule has 2 aliphatic carbocycles. The molecule has 1 aromatic heterocycles. The molecule has 0 saturated heterocycles. The quantitative estimate of drug-likeness (QED) is 0.483. The first-order valence-corrected chi connectivity index (χ1v) is 10.9. The summed E-state index contributed by atoms with van der Waals surface area (Å²) in [5.41, 5.74) is 11.5. The first-order valence-electron chi connectivity index (χ1n) is 10.9. The summed E-state index contributed by atoms with van der Waals surface area (Å²) in [6.45, 7) is 14.4. The molecule has 30 heavy (non-hydrogen) atoms. The van der Waals surface area contributed by atoms with Crippen molar-refractivity contribution in [3.05, 3.63) is 88.4 Å². The van der Waals surface area contributed by atoms with E-state index in [1.165, 1.54) is 34.3 Å². The molecule has 1 heterocycles. The zero-order valence-electron chi connectivity index (χ0n) is 18.4. The van der Waals surface area contributed by atoms with Crippen LogP contribution in [0.1, 0.15) is 68.0 Å². The van der Waals surface area contributed by atoms with Crippen LogP contribution in [0.15, 0.2) is 54.7 Å². The normalized spacial score (nSPS) is 15.9. The number of allylic oxidation sites excluding steroid dienone is 6. The van der Waals surface area contributed by atoms with Crippen molar-refractivity contribution in [2.75, 3.05) is 0 Å². The van der Waals surface area contributed by atoms with Gasteiger partial charge in [-0.25, -0.2) is 4.39 Å². The molecule has 0 unspecified atom stereocenters. The summed E-state index contributed by atoms with van der Waals surface area (Å²) in [6.07, 6.45) is 10.6. The van der Waals surface area contributed by atoms with Crippen LogP contribution in [-0.4, -0.2) is 4.98 Å². The Hall–Kier alpha value is -2.74. The van der Waals surface area contributed by atoms with Crippen LogP contribution in [0.3, 0.4) is 0 Å². The van der Waals surface area contributed by atoms with Crippen LogP contribution in [0.2, 0.25) is 0 Å². The topological polar surface area (TPSA) is 12.9 Å². The highest BCUT2D eigenvalue weighted by Crippen LogP contribution is 2.41. The Morgan fingerprint density at radius 1 is 1.00 bits per heavy atom. The Bertz CT molecular complexity index is 1110. The van der Waals surface area contributed by atoms with E-state index in [4.69, 9.17) is 4.98 Å². The van der Waals surface area contributed by atoms with E-state index < -0.39 is 0 Å². The van der Waals surface area contributed by atoms with Crippen molar-refractivity contribution in [3.63, 3.8) is 0 Å². The maximum absolute atomic E-state index is 15.2. The average molecular weight is 400 g/mol. The predicted octanol–water partition coefficient (Wildman–Crippen LogP) is 7.65. The highest BCUT2D eigenvalue weighted by atomic mass is 19.1. The van der Waals surface area contributed by atoms with E-state index in [2.05, 4.69) is 39.2 Å². The Kier molecular flexibility index (Phi) is 5.60. The van der Waals surface area contributed by atoms with Crippen LogP contribution in [0.4, 0.5) is 4.39 Å². The van der Waals surface area contributed by atoms with E-state index >= 15 is 4.39 Å². The zero-order chi connectivity index (χ0) is 21.4. The summed E-state index contributed by atoms with van der Waals surface area (Å²) in [4.78, 5) is 5.11. The van der Waals surface area contributed by atoms with Gasteiger partial charge in [-0.3, -0.25) is 4.98 Å². The average Bonchev–Trinajstić information content (AvgIpc) is 3.03. The number of benzene rings is 1. The lowest BCUT2D eigenvalue weighted by atomic mass is 9.85. The molecule has 0 bridgehead atoms. The van der Waals surface area contributed by atoms with Crippen molar-refractivity contribution in [2.45, 2.75) is 59.3 Å². The number of nitrogens with zero attached hydrogens (tertiary/aromatic N) is 1. The number of halogens is 1. The van der Waals surface area contributed by atoms with Gasteiger partial charge in [0.05, 0.1) is 11.4 Å². The molecule has 0 spiro atoms. The van der Waals surface area contributed by atoms with Gasteiger partial charge in [-0.05, 0) is 86.4 Å². The molecule has 2 aliphatic rings. The minimum atomic E-state index is -0.217. The molecule has 154 valence electrons. The third kappa shape index (κ3) is 3.60. The van der Waals surface area contributed by atoms with E-state index in [0.717, 1.165) is 60.2 Å². The maximum Gasteiger partial charge on any atom is 0.133 e. The minimum Gasteiger partial charge on any atom is -0.251 e. The lowest BCUT2D eigenvalue weighted by Crippen LogP contribution is -2.10. The predicted molar refractivity (Wildman–Crippen MR) is 126 cm³/mol. The molecule has 0 fully saturated rings. The van der Waals surface area contributed by atoms with Gasteiger partial charge in [0.25, 0.3) is 0 Å². The van der Waals surface area contributed by atoms with Gasteiger partial charge < -0.3 is 0 Å². The molecule has 0 atom stereocenters. The second-order valence-corrected chi connectivity index (χ2v) is 8.72. The fraction of sp³-hybridized carbons (Fsp3) is 0.321. The molecule has 0 radical (unpaired) electrons. The standard InChI is InChI=1S/C28H30FN/c1-17(2)20-14-15-23(24(29)16-20)28-22-12-8-6-7-11-21(22)27-25(30-28)13-9-10-19(5)26(27)18(3)4/h9-10,14-16H,1,3,6-8,11-13H2,2,4-5H3. The molecule has 2 aromatic rings. The number of aromatic nitrogens is 1.